The third kappa shape index (κ3) is 4.01. The number of imidazole rings is 1. The van der Waals surface area contributed by atoms with Crippen molar-refractivity contribution in [2.45, 2.75) is 32.0 Å². The molecule has 1 aromatic heterocycles. The van der Waals surface area contributed by atoms with Crippen molar-refractivity contribution in [3.8, 4) is 11.8 Å². The number of hydrogen-bond acceptors (Lipinski definition) is 5. The molecule has 34 heavy (non-hydrogen) atoms. The highest BCUT2D eigenvalue weighted by Gasteiger charge is 2.39. The number of aromatic nitrogens is 2. The topological polar surface area (TPSA) is 113 Å². The Bertz CT molecular complexity index is 1430. The minimum Gasteiger partial charge on any atom is -0.341 e. The molecule has 4 amide bonds. The third-order valence-corrected chi connectivity index (χ3v) is 6.09. The van der Waals surface area contributed by atoms with Crippen LogP contribution in [0.15, 0.2) is 42.7 Å². The highest BCUT2D eigenvalue weighted by molar-refractivity contribution is 6.05. The largest absolute Gasteiger partial charge is 0.341 e. The van der Waals surface area contributed by atoms with Gasteiger partial charge >= 0.3 is 0 Å². The van der Waals surface area contributed by atoms with E-state index in [0.29, 0.717) is 18.5 Å². The molecule has 1 saturated heterocycles. The third-order valence-electron chi connectivity index (χ3n) is 6.09. The quantitative estimate of drug-likeness (QED) is 0.452. The lowest BCUT2D eigenvalue weighted by atomic mass is 10.0. The fraction of sp³-hybridized carbons (Fsp3) is 0.240. The van der Waals surface area contributed by atoms with Crippen molar-refractivity contribution in [3.63, 3.8) is 0 Å². The van der Waals surface area contributed by atoms with E-state index in [9.17, 15) is 19.2 Å². The smallest absolute Gasteiger partial charge is 0.296 e. The normalized spacial score (nSPS) is 17.3. The predicted octanol–water partition coefficient (Wildman–Crippen LogP) is 1.00. The molecule has 5 rings (SSSR count). The first-order valence-corrected chi connectivity index (χ1v) is 10.9. The van der Waals surface area contributed by atoms with Gasteiger partial charge in [0.2, 0.25) is 11.8 Å². The van der Waals surface area contributed by atoms with Crippen LogP contribution in [0, 0.1) is 11.8 Å². The van der Waals surface area contributed by atoms with Gasteiger partial charge in [-0.2, -0.15) is 0 Å². The van der Waals surface area contributed by atoms with E-state index in [1.165, 1.54) is 4.90 Å². The van der Waals surface area contributed by atoms with Crippen LogP contribution in [0.3, 0.4) is 0 Å². The van der Waals surface area contributed by atoms with Crippen LogP contribution in [0.5, 0.6) is 0 Å². The van der Waals surface area contributed by atoms with Gasteiger partial charge in [-0.25, -0.2) is 4.98 Å². The molecule has 2 N–H and O–H groups in total. The molecule has 0 saturated carbocycles. The van der Waals surface area contributed by atoms with Crippen LogP contribution >= 0.6 is 0 Å². The SMILES string of the molecule is Cn1cnc2ccc(C#CC(=O)NCc3ccc4c(c3)CN(C3CCC(=O)NC3=O)C4=O)cc21. The molecule has 2 aliphatic heterocycles. The summed E-state index contributed by atoms with van der Waals surface area (Å²) in [6, 6.07) is 10.2. The van der Waals surface area contributed by atoms with Gasteiger partial charge in [-0.15, -0.1) is 0 Å². The number of fused-ring (bicyclic) bond motifs is 2. The van der Waals surface area contributed by atoms with Gasteiger partial charge in [-0.3, -0.25) is 24.5 Å². The summed E-state index contributed by atoms with van der Waals surface area (Å²) < 4.78 is 1.89. The number of imide groups is 1. The van der Waals surface area contributed by atoms with Crippen LogP contribution in [-0.4, -0.2) is 44.1 Å². The fourth-order valence-electron chi connectivity index (χ4n) is 4.30. The number of hydrogen-bond donors (Lipinski definition) is 2. The van der Waals surface area contributed by atoms with Crippen molar-refractivity contribution >= 4 is 34.7 Å². The van der Waals surface area contributed by atoms with Crippen molar-refractivity contribution in [1.82, 2.24) is 25.1 Å². The van der Waals surface area contributed by atoms with E-state index in [0.717, 1.165) is 27.7 Å². The minimum absolute atomic E-state index is 0.213. The molecule has 170 valence electrons. The zero-order valence-corrected chi connectivity index (χ0v) is 18.4. The lowest BCUT2D eigenvalue weighted by Crippen LogP contribution is -2.52. The molecule has 1 unspecified atom stereocenters. The standard InChI is InChI=1S/C25H21N5O4/c1-29-14-27-19-6-3-15(11-21(19)29)4-8-22(31)26-12-16-2-5-18-17(10-16)13-30(25(18)34)20-7-9-23(32)28-24(20)33/h2-3,5-6,10-11,14,20H,7,9,12-13H2,1H3,(H,26,31)(H,28,32,33). The van der Waals surface area contributed by atoms with E-state index in [2.05, 4.69) is 27.5 Å². The molecule has 3 heterocycles. The van der Waals surface area contributed by atoms with Gasteiger partial charge in [-0.05, 0) is 41.8 Å². The Kier molecular flexibility index (Phi) is 5.34. The summed E-state index contributed by atoms with van der Waals surface area (Å²) >= 11 is 0. The Morgan fingerprint density at radius 1 is 1.21 bits per heavy atom. The number of amides is 4. The molecule has 9 heteroatoms. The van der Waals surface area contributed by atoms with Gasteiger partial charge in [0, 0.05) is 43.6 Å². The average molecular weight is 455 g/mol. The van der Waals surface area contributed by atoms with Crippen LogP contribution in [0.1, 0.15) is 39.9 Å². The second-order valence-electron chi connectivity index (χ2n) is 8.38. The number of carbonyl (C=O) groups excluding carboxylic acids is 4. The molecule has 0 aliphatic carbocycles. The van der Waals surface area contributed by atoms with Crippen LogP contribution in [0.4, 0.5) is 0 Å². The molecule has 2 aliphatic rings. The van der Waals surface area contributed by atoms with Crippen LogP contribution < -0.4 is 10.6 Å². The van der Waals surface area contributed by atoms with Crippen LogP contribution in [-0.2, 0) is 34.5 Å². The van der Waals surface area contributed by atoms with Crippen molar-refractivity contribution < 1.29 is 19.2 Å². The van der Waals surface area contributed by atoms with E-state index in [1.54, 1.807) is 18.5 Å². The Morgan fingerprint density at radius 2 is 2.06 bits per heavy atom. The zero-order chi connectivity index (χ0) is 23.8. The molecule has 1 fully saturated rings. The maximum atomic E-state index is 12.8. The van der Waals surface area contributed by atoms with Crippen molar-refractivity contribution in [3.05, 3.63) is 65.0 Å². The average Bonchev–Trinajstić information content (AvgIpc) is 3.35. The Balaban J connectivity index is 1.22. The first kappa shape index (κ1) is 21.4. The molecule has 0 spiro atoms. The van der Waals surface area contributed by atoms with Gasteiger partial charge in [0.05, 0.1) is 17.4 Å². The number of nitrogens with zero attached hydrogens (tertiary/aromatic N) is 3. The summed E-state index contributed by atoms with van der Waals surface area (Å²) in [5, 5.41) is 5.07. The first-order chi connectivity index (χ1) is 16.4. The summed E-state index contributed by atoms with van der Waals surface area (Å²) in [7, 11) is 1.90. The summed E-state index contributed by atoms with van der Waals surface area (Å²) in [5.41, 5.74) is 4.66. The van der Waals surface area contributed by atoms with E-state index in [1.807, 2.05) is 35.9 Å². The highest BCUT2D eigenvalue weighted by atomic mass is 16.2. The number of benzene rings is 2. The molecule has 2 aromatic carbocycles. The van der Waals surface area contributed by atoms with E-state index in [4.69, 9.17) is 0 Å². The van der Waals surface area contributed by atoms with Crippen LogP contribution in [0.2, 0.25) is 0 Å². The molecular weight excluding hydrogens is 434 g/mol. The van der Waals surface area contributed by atoms with Crippen molar-refractivity contribution in [2.24, 2.45) is 7.05 Å². The number of carbonyl (C=O) groups is 4. The monoisotopic (exact) mass is 455 g/mol. The van der Waals surface area contributed by atoms with E-state index < -0.39 is 17.9 Å². The fourth-order valence-corrected chi connectivity index (χ4v) is 4.30. The number of aryl methyl sites for hydroxylation is 1. The van der Waals surface area contributed by atoms with Crippen molar-refractivity contribution in [1.29, 1.82) is 0 Å². The minimum atomic E-state index is -0.651. The van der Waals surface area contributed by atoms with Gasteiger partial charge in [0.15, 0.2) is 0 Å². The van der Waals surface area contributed by atoms with Gasteiger partial charge in [0.25, 0.3) is 11.8 Å². The second kappa shape index (κ2) is 8.48. The maximum absolute atomic E-state index is 12.8. The summed E-state index contributed by atoms with van der Waals surface area (Å²) in [6.07, 6.45) is 2.26. The number of nitrogens with one attached hydrogen (secondary N) is 2. The first-order valence-electron chi connectivity index (χ1n) is 10.9. The van der Waals surface area contributed by atoms with Crippen molar-refractivity contribution in [2.75, 3.05) is 0 Å². The summed E-state index contributed by atoms with van der Waals surface area (Å²) in [4.78, 5) is 54.4. The Labute approximate surface area is 195 Å². The Hall–Kier alpha value is -4.45. The molecule has 3 aromatic rings. The number of piperidine rings is 1. The lowest BCUT2D eigenvalue weighted by Gasteiger charge is -2.29. The van der Waals surface area contributed by atoms with Crippen LogP contribution in [0.25, 0.3) is 11.0 Å². The number of rotatable bonds is 3. The highest BCUT2D eigenvalue weighted by Crippen LogP contribution is 2.28. The molecule has 9 nitrogen and oxygen atoms in total. The summed E-state index contributed by atoms with van der Waals surface area (Å²) in [5.74, 6) is 4.08. The lowest BCUT2D eigenvalue weighted by molar-refractivity contribution is -0.137. The second-order valence-corrected chi connectivity index (χ2v) is 8.38. The van der Waals surface area contributed by atoms with E-state index >= 15 is 0 Å². The predicted molar refractivity (Wildman–Crippen MR) is 122 cm³/mol. The molecule has 1 atom stereocenters. The van der Waals surface area contributed by atoms with Gasteiger partial charge < -0.3 is 14.8 Å². The molecule has 0 bridgehead atoms. The maximum Gasteiger partial charge on any atom is 0.296 e. The molecular formula is C25H21N5O4. The summed E-state index contributed by atoms with van der Waals surface area (Å²) in [6.45, 7) is 0.548. The Morgan fingerprint density at radius 3 is 2.88 bits per heavy atom. The van der Waals surface area contributed by atoms with E-state index in [-0.39, 0.29) is 24.8 Å². The van der Waals surface area contributed by atoms with Gasteiger partial charge in [-0.1, -0.05) is 18.1 Å². The zero-order valence-electron chi connectivity index (χ0n) is 18.4. The molecule has 0 radical (unpaired) electrons. The van der Waals surface area contributed by atoms with Gasteiger partial charge in [0.1, 0.15) is 6.04 Å².